The molecule has 138 valence electrons. The van der Waals surface area contributed by atoms with Gasteiger partial charge in [0.05, 0.1) is 7.11 Å². The molecule has 0 bridgehead atoms. The van der Waals surface area contributed by atoms with Gasteiger partial charge in [0, 0.05) is 18.7 Å². The molecule has 1 aliphatic rings. The lowest BCUT2D eigenvalue weighted by Crippen LogP contribution is -2.42. The van der Waals surface area contributed by atoms with Gasteiger partial charge in [-0.05, 0) is 42.0 Å². The number of amides is 1. The van der Waals surface area contributed by atoms with Gasteiger partial charge in [-0.15, -0.1) is 0 Å². The summed E-state index contributed by atoms with van der Waals surface area (Å²) in [6, 6.07) is 15.4. The molecule has 3 rings (SSSR count). The molecule has 1 fully saturated rings. The van der Waals surface area contributed by atoms with Crippen LogP contribution in [0.1, 0.15) is 36.2 Å². The van der Waals surface area contributed by atoms with E-state index in [0.717, 1.165) is 18.7 Å². The number of rotatable bonds is 5. The Morgan fingerprint density at radius 2 is 1.73 bits per heavy atom. The van der Waals surface area contributed by atoms with E-state index in [9.17, 15) is 4.79 Å². The molecule has 0 radical (unpaired) electrons. The first kappa shape index (κ1) is 18.3. The molecule has 1 aliphatic heterocycles. The molecule has 26 heavy (non-hydrogen) atoms. The van der Waals surface area contributed by atoms with Crippen LogP contribution in [0.15, 0.2) is 48.5 Å². The van der Waals surface area contributed by atoms with Gasteiger partial charge in [-0.25, -0.2) is 0 Å². The van der Waals surface area contributed by atoms with Crippen LogP contribution in [0.5, 0.6) is 11.5 Å². The molecule has 1 amide bonds. The van der Waals surface area contributed by atoms with E-state index < -0.39 is 0 Å². The van der Waals surface area contributed by atoms with Crippen molar-refractivity contribution in [3.63, 3.8) is 0 Å². The molecule has 2 aromatic carbocycles. The van der Waals surface area contributed by atoms with Gasteiger partial charge in [0.2, 0.25) is 0 Å². The minimum absolute atomic E-state index is 0.0660. The van der Waals surface area contributed by atoms with Crippen molar-refractivity contribution in [2.45, 2.75) is 26.9 Å². The van der Waals surface area contributed by atoms with E-state index in [2.05, 4.69) is 13.8 Å². The molecule has 2 atom stereocenters. The highest BCUT2D eigenvalue weighted by Gasteiger charge is 2.26. The lowest BCUT2D eigenvalue weighted by molar-refractivity contribution is 0.0622. The summed E-state index contributed by atoms with van der Waals surface area (Å²) in [5.74, 6) is 2.38. The molecular weight excluding hydrogens is 326 g/mol. The van der Waals surface area contributed by atoms with Crippen LogP contribution < -0.4 is 9.47 Å². The summed E-state index contributed by atoms with van der Waals surface area (Å²) in [6.07, 6.45) is 1.18. The molecular formula is C22H27NO3. The normalized spacial score (nSPS) is 19.9. The van der Waals surface area contributed by atoms with Gasteiger partial charge >= 0.3 is 0 Å². The zero-order valence-electron chi connectivity index (χ0n) is 15.8. The van der Waals surface area contributed by atoms with Crippen LogP contribution in [0.2, 0.25) is 0 Å². The average Bonchev–Trinajstić information content (AvgIpc) is 2.65. The highest BCUT2D eigenvalue weighted by atomic mass is 16.5. The Morgan fingerprint density at radius 3 is 2.38 bits per heavy atom. The maximum Gasteiger partial charge on any atom is 0.254 e. The van der Waals surface area contributed by atoms with E-state index in [-0.39, 0.29) is 5.91 Å². The summed E-state index contributed by atoms with van der Waals surface area (Å²) in [4.78, 5) is 14.8. The number of likely N-dealkylation sites (tertiary alicyclic amines) is 1. The van der Waals surface area contributed by atoms with Crippen LogP contribution in [0.4, 0.5) is 0 Å². The second kappa shape index (κ2) is 8.26. The molecule has 1 saturated heterocycles. The fraction of sp³-hybridized carbons (Fsp3) is 0.409. The summed E-state index contributed by atoms with van der Waals surface area (Å²) in [7, 11) is 1.60. The lowest BCUT2D eigenvalue weighted by Gasteiger charge is -2.35. The van der Waals surface area contributed by atoms with Crippen molar-refractivity contribution in [1.82, 2.24) is 4.90 Å². The van der Waals surface area contributed by atoms with Crippen molar-refractivity contribution in [2.24, 2.45) is 11.8 Å². The Labute approximate surface area is 155 Å². The molecule has 2 aromatic rings. The van der Waals surface area contributed by atoms with E-state index in [4.69, 9.17) is 9.47 Å². The van der Waals surface area contributed by atoms with Gasteiger partial charge in [0.25, 0.3) is 5.91 Å². The third-order valence-corrected chi connectivity index (χ3v) is 4.80. The number of hydrogen-bond acceptors (Lipinski definition) is 3. The van der Waals surface area contributed by atoms with Gasteiger partial charge in [0.1, 0.15) is 6.61 Å². The highest BCUT2D eigenvalue weighted by Crippen LogP contribution is 2.30. The highest BCUT2D eigenvalue weighted by molar-refractivity contribution is 5.95. The Balaban J connectivity index is 1.72. The van der Waals surface area contributed by atoms with Crippen molar-refractivity contribution in [2.75, 3.05) is 20.2 Å². The molecule has 0 spiro atoms. The van der Waals surface area contributed by atoms with E-state index in [1.165, 1.54) is 6.42 Å². The van der Waals surface area contributed by atoms with Crippen molar-refractivity contribution in [1.29, 1.82) is 0 Å². The SMILES string of the molecule is COc1cc(C(=O)N2C[C@H](C)C[C@H](C)C2)ccc1OCc1ccccc1. The molecule has 0 saturated carbocycles. The number of ether oxygens (including phenoxy) is 2. The van der Waals surface area contributed by atoms with Gasteiger partial charge < -0.3 is 14.4 Å². The molecule has 1 heterocycles. The van der Waals surface area contributed by atoms with Crippen molar-refractivity contribution in [3.05, 3.63) is 59.7 Å². The van der Waals surface area contributed by atoms with E-state index >= 15 is 0 Å². The molecule has 0 N–H and O–H groups in total. The number of nitrogens with zero attached hydrogens (tertiary/aromatic N) is 1. The van der Waals surface area contributed by atoms with E-state index in [1.54, 1.807) is 13.2 Å². The Hall–Kier alpha value is -2.49. The number of carbonyl (C=O) groups is 1. The van der Waals surface area contributed by atoms with E-state index in [1.807, 2.05) is 47.4 Å². The Kier molecular flexibility index (Phi) is 5.82. The molecule has 4 nitrogen and oxygen atoms in total. The average molecular weight is 353 g/mol. The van der Waals surface area contributed by atoms with Gasteiger partial charge in [-0.3, -0.25) is 4.79 Å². The van der Waals surface area contributed by atoms with Crippen LogP contribution in [0, 0.1) is 11.8 Å². The fourth-order valence-corrected chi connectivity index (χ4v) is 3.67. The molecule has 0 unspecified atom stereocenters. The molecule has 0 aromatic heterocycles. The van der Waals surface area contributed by atoms with Crippen LogP contribution in [-0.2, 0) is 6.61 Å². The number of carbonyl (C=O) groups excluding carboxylic acids is 1. The second-order valence-electron chi connectivity index (χ2n) is 7.30. The zero-order valence-corrected chi connectivity index (χ0v) is 15.8. The van der Waals surface area contributed by atoms with Crippen molar-refractivity contribution in [3.8, 4) is 11.5 Å². The number of methoxy groups -OCH3 is 1. The molecule has 0 aliphatic carbocycles. The van der Waals surface area contributed by atoms with Crippen LogP contribution in [-0.4, -0.2) is 31.0 Å². The Morgan fingerprint density at radius 1 is 1.04 bits per heavy atom. The summed E-state index contributed by atoms with van der Waals surface area (Å²) in [5, 5.41) is 0. The third-order valence-electron chi connectivity index (χ3n) is 4.80. The monoisotopic (exact) mass is 353 g/mol. The maximum absolute atomic E-state index is 12.9. The van der Waals surface area contributed by atoms with Crippen LogP contribution in [0.3, 0.4) is 0 Å². The topological polar surface area (TPSA) is 38.8 Å². The summed E-state index contributed by atoms with van der Waals surface area (Å²) in [6.45, 7) is 6.51. The third kappa shape index (κ3) is 4.37. The minimum Gasteiger partial charge on any atom is -0.493 e. The first-order chi connectivity index (χ1) is 12.6. The van der Waals surface area contributed by atoms with Gasteiger partial charge in [-0.1, -0.05) is 44.2 Å². The maximum atomic E-state index is 12.9. The minimum atomic E-state index is 0.0660. The van der Waals surface area contributed by atoms with Gasteiger partial charge in [-0.2, -0.15) is 0 Å². The molecule has 4 heteroatoms. The standard InChI is InChI=1S/C22H27NO3/c1-16-11-17(2)14-23(13-16)22(24)19-9-10-20(21(12-19)25-3)26-15-18-7-5-4-6-8-18/h4-10,12,16-17H,11,13-15H2,1-3H3/t16-,17+. The summed E-state index contributed by atoms with van der Waals surface area (Å²) >= 11 is 0. The van der Waals surface area contributed by atoms with Crippen LogP contribution >= 0.6 is 0 Å². The summed E-state index contributed by atoms with van der Waals surface area (Å²) < 4.78 is 11.3. The lowest BCUT2D eigenvalue weighted by atomic mass is 9.91. The van der Waals surface area contributed by atoms with Gasteiger partial charge in [0.15, 0.2) is 11.5 Å². The smallest absolute Gasteiger partial charge is 0.254 e. The van der Waals surface area contributed by atoms with Crippen LogP contribution in [0.25, 0.3) is 0 Å². The summed E-state index contributed by atoms with van der Waals surface area (Å²) in [5.41, 5.74) is 1.74. The second-order valence-corrected chi connectivity index (χ2v) is 7.30. The van der Waals surface area contributed by atoms with Crippen molar-refractivity contribution >= 4 is 5.91 Å². The predicted octanol–water partition coefficient (Wildman–Crippen LogP) is 4.39. The predicted molar refractivity (Wildman–Crippen MR) is 103 cm³/mol. The largest absolute Gasteiger partial charge is 0.493 e. The first-order valence-corrected chi connectivity index (χ1v) is 9.21. The van der Waals surface area contributed by atoms with Crippen molar-refractivity contribution < 1.29 is 14.3 Å². The fourth-order valence-electron chi connectivity index (χ4n) is 3.67. The number of hydrogen-bond donors (Lipinski definition) is 0. The zero-order chi connectivity index (χ0) is 18.5. The Bertz CT molecular complexity index is 734. The quantitative estimate of drug-likeness (QED) is 0.800. The number of benzene rings is 2. The number of piperidine rings is 1. The van der Waals surface area contributed by atoms with E-state index in [0.29, 0.717) is 35.5 Å². The first-order valence-electron chi connectivity index (χ1n) is 9.21.